The van der Waals surface area contributed by atoms with E-state index in [0.717, 1.165) is 24.5 Å². The highest BCUT2D eigenvalue weighted by Gasteiger charge is 2.12. The minimum absolute atomic E-state index is 0.585. The van der Waals surface area contributed by atoms with Crippen LogP contribution in [0.2, 0.25) is 0 Å². The van der Waals surface area contributed by atoms with Gasteiger partial charge < -0.3 is 15.2 Å². The van der Waals surface area contributed by atoms with Crippen LogP contribution in [0.15, 0.2) is 30.6 Å². The van der Waals surface area contributed by atoms with Crippen molar-refractivity contribution in [1.29, 1.82) is 0 Å². The zero-order valence-corrected chi connectivity index (χ0v) is 11.1. The third-order valence-corrected chi connectivity index (χ3v) is 3.56. The summed E-state index contributed by atoms with van der Waals surface area (Å²) < 4.78 is 1.93. The summed E-state index contributed by atoms with van der Waals surface area (Å²) in [7, 11) is 1.95. The molecular formula is C14H19N5. The fourth-order valence-electron chi connectivity index (χ4n) is 2.46. The maximum atomic E-state index is 4.12. The monoisotopic (exact) mass is 257 g/mol. The molecule has 0 bridgehead atoms. The van der Waals surface area contributed by atoms with Gasteiger partial charge in [-0.25, -0.2) is 0 Å². The van der Waals surface area contributed by atoms with Crippen LogP contribution in [-0.2, 0) is 7.05 Å². The minimum atomic E-state index is 0.585. The second kappa shape index (κ2) is 5.40. The van der Waals surface area contributed by atoms with Crippen LogP contribution in [0.1, 0.15) is 12.8 Å². The molecule has 1 fully saturated rings. The van der Waals surface area contributed by atoms with Crippen LogP contribution in [0.25, 0.3) is 11.4 Å². The van der Waals surface area contributed by atoms with E-state index in [0.29, 0.717) is 6.04 Å². The van der Waals surface area contributed by atoms with Gasteiger partial charge in [-0.05, 0) is 50.2 Å². The van der Waals surface area contributed by atoms with Crippen molar-refractivity contribution in [2.45, 2.75) is 18.9 Å². The smallest absolute Gasteiger partial charge is 0.163 e. The van der Waals surface area contributed by atoms with Crippen LogP contribution >= 0.6 is 0 Å². The first kappa shape index (κ1) is 12.2. The third-order valence-electron chi connectivity index (χ3n) is 3.56. The van der Waals surface area contributed by atoms with Gasteiger partial charge in [0.25, 0.3) is 0 Å². The highest BCUT2D eigenvalue weighted by molar-refractivity contribution is 5.59. The van der Waals surface area contributed by atoms with Gasteiger partial charge in [-0.1, -0.05) is 0 Å². The zero-order chi connectivity index (χ0) is 13.1. The molecule has 0 amide bonds. The molecule has 2 aromatic rings. The lowest BCUT2D eigenvalue weighted by atomic mass is 10.1. The van der Waals surface area contributed by atoms with Gasteiger partial charge in [-0.3, -0.25) is 0 Å². The molecule has 1 aliphatic heterocycles. The number of nitrogens with one attached hydrogen (secondary N) is 2. The summed E-state index contributed by atoms with van der Waals surface area (Å²) in [4.78, 5) is 0. The largest absolute Gasteiger partial charge is 0.382 e. The van der Waals surface area contributed by atoms with Crippen molar-refractivity contribution >= 4 is 5.69 Å². The van der Waals surface area contributed by atoms with Crippen molar-refractivity contribution in [3.63, 3.8) is 0 Å². The SMILES string of the molecule is Cn1cnnc1-c1ccc(NC2CCNCC2)cc1. The van der Waals surface area contributed by atoms with Gasteiger partial charge in [0, 0.05) is 24.3 Å². The Kier molecular flexibility index (Phi) is 3.46. The average Bonchev–Trinajstić information content (AvgIpc) is 2.87. The Labute approximate surface area is 113 Å². The molecule has 0 aliphatic carbocycles. The first-order chi connectivity index (χ1) is 9.33. The molecule has 5 heteroatoms. The Morgan fingerprint density at radius 2 is 1.95 bits per heavy atom. The summed E-state index contributed by atoms with van der Waals surface area (Å²) in [5.74, 6) is 0.897. The van der Waals surface area contributed by atoms with E-state index in [9.17, 15) is 0 Å². The van der Waals surface area contributed by atoms with Crippen LogP contribution in [0.4, 0.5) is 5.69 Å². The molecule has 2 N–H and O–H groups in total. The number of benzene rings is 1. The van der Waals surface area contributed by atoms with E-state index < -0.39 is 0 Å². The van der Waals surface area contributed by atoms with Crippen LogP contribution < -0.4 is 10.6 Å². The second-order valence-electron chi connectivity index (χ2n) is 5.01. The highest BCUT2D eigenvalue weighted by Crippen LogP contribution is 2.20. The predicted octanol–water partition coefficient (Wildman–Crippen LogP) is 1.65. The highest BCUT2D eigenvalue weighted by atomic mass is 15.2. The standard InChI is InChI=1S/C14H19N5/c1-19-10-16-18-14(19)11-2-4-12(5-3-11)17-13-6-8-15-9-7-13/h2-5,10,13,15,17H,6-9H2,1H3. The Morgan fingerprint density at radius 1 is 1.21 bits per heavy atom. The molecule has 3 rings (SSSR count). The number of aromatic nitrogens is 3. The van der Waals surface area contributed by atoms with Crippen LogP contribution in [-0.4, -0.2) is 33.9 Å². The van der Waals surface area contributed by atoms with Crippen molar-refractivity contribution in [3.8, 4) is 11.4 Å². The maximum Gasteiger partial charge on any atom is 0.163 e. The molecule has 0 atom stereocenters. The van der Waals surface area contributed by atoms with Gasteiger partial charge in [0.2, 0.25) is 0 Å². The van der Waals surface area contributed by atoms with E-state index in [-0.39, 0.29) is 0 Å². The molecule has 1 aromatic heterocycles. The molecule has 0 saturated carbocycles. The number of piperidine rings is 1. The normalized spacial score (nSPS) is 16.5. The first-order valence-electron chi connectivity index (χ1n) is 6.74. The number of anilines is 1. The predicted molar refractivity (Wildman–Crippen MR) is 76.0 cm³/mol. The van der Waals surface area contributed by atoms with Crippen LogP contribution in [0.5, 0.6) is 0 Å². The molecule has 0 spiro atoms. The summed E-state index contributed by atoms with van der Waals surface area (Å²) in [5, 5.41) is 15.0. The maximum absolute atomic E-state index is 4.12. The van der Waals surface area contributed by atoms with Crippen LogP contribution in [0.3, 0.4) is 0 Å². The van der Waals surface area contributed by atoms with Crippen molar-refractivity contribution in [2.75, 3.05) is 18.4 Å². The Hall–Kier alpha value is -1.88. The van der Waals surface area contributed by atoms with E-state index in [1.165, 1.54) is 18.5 Å². The van der Waals surface area contributed by atoms with Crippen molar-refractivity contribution in [1.82, 2.24) is 20.1 Å². The number of nitrogens with zero attached hydrogens (tertiary/aromatic N) is 3. The van der Waals surface area contributed by atoms with Gasteiger partial charge in [0.05, 0.1) is 0 Å². The van der Waals surface area contributed by atoms with E-state index in [4.69, 9.17) is 0 Å². The quantitative estimate of drug-likeness (QED) is 0.878. The fraction of sp³-hybridized carbons (Fsp3) is 0.429. The lowest BCUT2D eigenvalue weighted by molar-refractivity contribution is 0.479. The van der Waals surface area contributed by atoms with Crippen molar-refractivity contribution in [3.05, 3.63) is 30.6 Å². The molecule has 19 heavy (non-hydrogen) atoms. The average molecular weight is 257 g/mol. The molecule has 0 radical (unpaired) electrons. The Morgan fingerprint density at radius 3 is 2.58 bits per heavy atom. The Balaban J connectivity index is 1.70. The summed E-state index contributed by atoms with van der Waals surface area (Å²) in [6, 6.07) is 9.00. The van der Waals surface area contributed by atoms with Crippen molar-refractivity contribution < 1.29 is 0 Å². The van der Waals surface area contributed by atoms with Gasteiger partial charge in [0.15, 0.2) is 5.82 Å². The topological polar surface area (TPSA) is 54.8 Å². The lowest BCUT2D eigenvalue weighted by Gasteiger charge is -2.24. The molecule has 2 heterocycles. The van der Waals surface area contributed by atoms with Gasteiger partial charge in [0.1, 0.15) is 6.33 Å². The van der Waals surface area contributed by atoms with E-state index >= 15 is 0 Å². The molecule has 1 aliphatic rings. The molecule has 1 saturated heterocycles. The zero-order valence-electron chi connectivity index (χ0n) is 11.1. The summed E-state index contributed by atoms with van der Waals surface area (Å²) in [6.07, 6.45) is 4.09. The van der Waals surface area contributed by atoms with Gasteiger partial charge in [-0.2, -0.15) is 0 Å². The van der Waals surface area contributed by atoms with E-state index in [2.05, 4.69) is 45.1 Å². The number of rotatable bonds is 3. The summed E-state index contributed by atoms with van der Waals surface area (Å²) in [5.41, 5.74) is 2.27. The lowest BCUT2D eigenvalue weighted by Crippen LogP contribution is -2.35. The molecule has 1 aromatic carbocycles. The molecule has 0 unspecified atom stereocenters. The molecule has 100 valence electrons. The number of hydrogen-bond donors (Lipinski definition) is 2. The second-order valence-corrected chi connectivity index (χ2v) is 5.01. The Bertz CT molecular complexity index is 525. The van der Waals surface area contributed by atoms with Gasteiger partial charge in [-0.15, -0.1) is 10.2 Å². The fourth-order valence-corrected chi connectivity index (χ4v) is 2.46. The number of aryl methyl sites for hydroxylation is 1. The minimum Gasteiger partial charge on any atom is -0.382 e. The van der Waals surface area contributed by atoms with Crippen molar-refractivity contribution in [2.24, 2.45) is 7.05 Å². The molecule has 5 nitrogen and oxygen atoms in total. The number of hydrogen-bond acceptors (Lipinski definition) is 4. The van der Waals surface area contributed by atoms with E-state index in [1.54, 1.807) is 6.33 Å². The van der Waals surface area contributed by atoms with Crippen LogP contribution in [0, 0.1) is 0 Å². The summed E-state index contributed by atoms with van der Waals surface area (Å²) in [6.45, 7) is 2.21. The van der Waals surface area contributed by atoms with Gasteiger partial charge >= 0.3 is 0 Å². The van der Waals surface area contributed by atoms with E-state index in [1.807, 2.05) is 11.6 Å². The first-order valence-corrected chi connectivity index (χ1v) is 6.74. The third kappa shape index (κ3) is 2.76. The molecular weight excluding hydrogens is 238 g/mol. The summed E-state index contributed by atoms with van der Waals surface area (Å²) >= 11 is 0.